The van der Waals surface area contributed by atoms with Crippen molar-refractivity contribution in [3.8, 4) is 17.2 Å². The van der Waals surface area contributed by atoms with Crippen molar-refractivity contribution in [2.24, 2.45) is 0 Å². The fourth-order valence-electron chi connectivity index (χ4n) is 4.71. The molecule has 2 aromatic carbocycles. The van der Waals surface area contributed by atoms with Crippen LogP contribution in [0.15, 0.2) is 59.2 Å². The summed E-state index contributed by atoms with van der Waals surface area (Å²) in [5, 5.41) is 3.13. The molecule has 4 rings (SSSR count). The summed E-state index contributed by atoms with van der Waals surface area (Å²) in [6, 6.07) is 10.6. The van der Waals surface area contributed by atoms with Crippen molar-refractivity contribution in [1.29, 1.82) is 0 Å². The van der Waals surface area contributed by atoms with Crippen LogP contribution >= 0.6 is 0 Å². The molecule has 0 aliphatic heterocycles. The highest BCUT2D eigenvalue weighted by Gasteiger charge is 2.37. The minimum atomic E-state index is -1.15. The van der Waals surface area contributed by atoms with E-state index in [9.17, 15) is 14.0 Å². The zero-order chi connectivity index (χ0) is 26.4. The monoisotopic (exact) mass is 510 g/mol. The summed E-state index contributed by atoms with van der Waals surface area (Å²) in [5.41, 5.74) is 0.743. The Hall–Kier alpha value is -4.01. The van der Waals surface area contributed by atoms with Gasteiger partial charge < -0.3 is 23.9 Å². The number of carbonyl (C=O) groups excluding carboxylic acids is 2. The molecule has 3 aromatic rings. The van der Waals surface area contributed by atoms with Gasteiger partial charge in [0.2, 0.25) is 11.7 Å². The average Bonchev–Trinajstić information content (AvgIpc) is 3.47. The largest absolute Gasteiger partial charge is 0.493 e. The number of furan rings is 1. The number of anilines is 1. The molecule has 0 saturated heterocycles. The molecule has 2 amide bonds. The summed E-state index contributed by atoms with van der Waals surface area (Å²) in [5.74, 6) is -0.364. The number of amides is 2. The summed E-state index contributed by atoms with van der Waals surface area (Å²) in [7, 11) is 4.44. The number of nitrogens with one attached hydrogen (secondary N) is 1. The van der Waals surface area contributed by atoms with Gasteiger partial charge in [0.25, 0.3) is 5.91 Å². The maximum Gasteiger partial charge on any atom is 0.294 e. The van der Waals surface area contributed by atoms with E-state index in [1.807, 2.05) is 0 Å². The molecule has 1 atom stereocenters. The second kappa shape index (κ2) is 11.8. The number of hydrogen-bond donors (Lipinski definition) is 1. The molecule has 0 unspecified atom stereocenters. The Balaban J connectivity index is 1.88. The van der Waals surface area contributed by atoms with Gasteiger partial charge in [-0.15, -0.1) is 0 Å². The molecule has 1 heterocycles. The normalized spacial score (nSPS) is 14.5. The smallest absolute Gasteiger partial charge is 0.294 e. The van der Waals surface area contributed by atoms with Crippen molar-refractivity contribution < 1.29 is 32.6 Å². The molecule has 1 aliphatic carbocycles. The highest BCUT2D eigenvalue weighted by molar-refractivity contribution is 6.08. The van der Waals surface area contributed by atoms with Crippen LogP contribution in [0.5, 0.6) is 17.2 Å². The maximum atomic E-state index is 14.0. The molecule has 0 spiro atoms. The Morgan fingerprint density at radius 2 is 1.62 bits per heavy atom. The molecule has 1 aromatic heterocycles. The number of rotatable bonds is 9. The van der Waals surface area contributed by atoms with Crippen LogP contribution in [0.3, 0.4) is 0 Å². The molecule has 1 fully saturated rings. The van der Waals surface area contributed by atoms with E-state index in [2.05, 4.69) is 5.32 Å². The van der Waals surface area contributed by atoms with Gasteiger partial charge in [-0.3, -0.25) is 14.5 Å². The van der Waals surface area contributed by atoms with Crippen LogP contribution in [0.1, 0.15) is 54.3 Å². The van der Waals surface area contributed by atoms with E-state index in [-0.39, 0.29) is 17.7 Å². The van der Waals surface area contributed by atoms with Gasteiger partial charge in [-0.25, -0.2) is 4.39 Å². The first-order chi connectivity index (χ1) is 18.0. The van der Waals surface area contributed by atoms with Gasteiger partial charge in [0, 0.05) is 11.7 Å². The fourth-order valence-corrected chi connectivity index (χ4v) is 4.71. The molecule has 0 radical (unpaired) electrons. The van der Waals surface area contributed by atoms with Crippen LogP contribution in [0.4, 0.5) is 10.1 Å². The Morgan fingerprint density at radius 3 is 2.16 bits per heavy atom. The minimum absolute atomic E-state index is 0.0143. The topological polar surface area (TPSA) is 90.2 Å². The summed E-state index contributed by atoms with van der Waals surface area (Å²) in [4.78, 5) is 29.1. The summed E-state index contributed by atoms with van der Waals surface area (Å²) in [6.07, 6.45) is 6.26. The van der Waals surface area contributed by atoms with Gasteiger partial charge >= 0.3 is 0 Å². The Bertz CT molecular complexity index is 1180. The van der Waals surface area contributed by atoms with Gasteiger partial charge in [-0.1, -0.05) is 19.3 Å². The SMILES string of the molecule is COc1cc([C@H](C(=O)NC2CCCCC2)N(C(=O)c2ccco2)c2ccc(F)cc2)cc(OC)c1OC. The molecule has 37 heavy (non-hydrogen) atoms. The highest BCUT2D eigenvalue weighted by atomic mass is 19.1. The van der Waals surface area contributed by atoms with Crippen molar-refractivity contribution in [3.05, 3.63) is 71.9 Å². The van der Waals surface area contributed by atoms with Crippen molar-refractivity contribution >= 4 is 17.5 Å². The first-order valence-electron chi connectivity index (χ1n) is 12.2. The third-order valence-corrected chi connectivity index (χ3v) is 6.52. The van der Waals surface area contributed by atoms with E-state index in [1.54, 1.807) is 18.2 Å². The van der Waals surface area contributed by atoms with E-state index in [4.69, 9.17) is 18.6 Å². The lowest BCUT2D eigenvalue weighted by Gasteiger charge is -2.33. The molecular formula is C28H31FN2O6. The fraction of sp³-hybridized carbons (Fsp3) is 0.357. The predicted octanol–water partition coefficient (Wildman–Crippen LogP) is 5.28. The lowest BCUT2D eigenvalue weighted by Crippen LogP contribution is -2.47. The highest BCUT2D eigenvalue weighted by Crippen LogP contribution is 2.42. The first-order valence-corrected chi connectivity index (χ1v) is 12.2. The third kappa shape index (κ3) is 5.71. The summed E-state index contributed by atoms with van der Waals surface area (Å²) >= 11 is 0. The van der Waals surface area contributed by atoms with Crippen LogP contribution in [0.25, 0.3) is 0 Å². The van der Waals surface area contributed by atoms with E-state index >= 15 is 0 Å². The van der Waals surface area contributed by atoms with E-state index in [1.165, 1.54) is 62.8 Å². The number of hydrogen-bond acceptors (Lipinski definition) is 6. The predicted molar refractivity (Wildman–Crippen MR) is 136 cm³/mol. The zero-order valence-corrected chi connectivity index (χ0v) is 21.2. The van der Waals surface area contributed by atoms with Gasteiger partial charge in [0.1, 0.15) is 11.9 Å². The van der Waals surface area contributed by atoms with Crippen LogP contribution in [0, 0.1) is 5.82 Å². The van der Waals surface area contributed by atoms with Crippen molar-refractivity contribution in [2.75, 3.05) is 26.2 Å². The molecule has 1 saturated carbocycles. The van der Waals surface area contributed by atoms with Gasteiger partial charge in [0.15, 0.2) is 17.3 Å². The molecule has 8 nitrogen and oxygen atoms in total. The maximum absolute atomic E-state index is 14.0. The average molecular weight is 511 g/mol. The second-order valence-electron chi connectivity index (χ2n) is 8.83. The number of carbonyl (C=O) groups is 2. The van der Waals surface area contributed by atoms with E-state index in [0.29, 0.717) is 28.5 Å². The molecule has 196 valence electrons. The first kappa shape index (κ1) is 26.1. The number of benzene rings is 2. The minimum Gasteiger partial charge on any atom is -0.493 e. The Labute approximate surface area is 215 Å². The van der Waals surface area contributed by atoms with E-state index in [0.717, 1.165) is 32.1 Å². The van der Waals surface area contributed by atoms with Crippen molar-refractivity contribution in [1.82, 2.24) is 5.32 Å². The van der Waals surface area contributed by atoms with Gasteiger partial charge in [-0.2, -0.15) is 0 Å². The lowest BCUT2D eigenvalue weighted by atomic mass is 9.94. The second-order valence-corrected chi connectivity index (χ2v) is 8.83. The van der Waals surface area contributed by atoms with Gasteiger partial charge in [0.05, 0.1) is 27.6 Å². The van der Waals surface area contributed by atoms with Gasteiger partial charge in [-0.05, 0) is 66.9 Å². The Morgan fingerprint density at radius 1 is 0.973 bits per heavy atom. The quantitative estimate of drug-likeness (QED) is 0.421. The number of nitrogens with zero attached hydrogens (tertiary/aromatic N) is 1. The molecule has 9 heteroatoms. The number of halogens is 1. The molecule has 1 aliphatic rings. The van der Waals surface area contributed by atoms with Crippen molar-refractivity contribution in [3.63, 3.8) is 0 Å². The summed E-state index contributed by atoms with van der Waals surface area (Å²) in [6.45, 7) is 0. The van der Waals surface area contributed by atoms with E-state index < -0.39 is 17.8 Å². The number of methoxy groups -OCH3 is 3. The van der Waals surface area contributed by atoms with Crippen LogP contribution in [-0.2, 0) is 4.79 Å². The van der Waals surface area contributed by atoms with Crippen LogP contribution in [0.2, 0.25) is 0 Å². The van der Waals surface area contributed by atoms with Crippen molar-refractivity contribution in [2.45, 2.75) is 44.2 Å². The lowest BCUT2D eigenvalue weighted by molar-refractivity contribution is -0.123. The molecule has 0 bridgehead atoms. The number of ether oxygens (including phenoxy) is 3. The Kier molecular flexibility index (Phi) is 8.32. The summed E-state index contributed by atoms with van der Waals surface area (Å²) < 4.78 is 35.7. The standard InChI is InChI=1S/C28H31FN2O6/c1-34-23-16-18(17-24(35-2)26(23)36-3)25(27(32)30-20-8-5-4-6-9-20)31(21-13-11-19(29)12-14-21)28(33)22-10-7-15-37-22/h7,10-17,20,25H,4-6,8-9H2,1-3H3,(H,30,32)/t25-/m1/s1. The molecule has 1 N–H and O–H groups in total. The third-order valence-electron chi connectivity index (χ3n) is 6.52. The van der Waals surface area contributed by atoms with Crippen LogP contribution in [-0.4, -0.2) is 39.2 Å². The molecular weight excluding hydrogens is 479 g/mol. The zero-order valence-electron chi connectivity index (χ0n) is 21.2. The van der Waals surface area contributed by atoms with Crippen LogP contribution < -0.4 is 24.4 Å².